The van der Waals surface area contributed by atoms with Gasteiger partial charge in [-0.25, -0.2) is 0 Å². The van der Waals surface area contributed by atoms with Crippen LogP contribution in [0.2, 0.25) is 0 Å². The van der Waals surface area contributed by atoms with Crippen molar-refractivity contribution in [2.45, 2.75) is 26.8 Å². The van der Waals surface area contributed by atoms with Gasteiger partial charge in [-0.2, -0.15) is 0 Å². The molecule has 5 nitrogen and oxygen atoms in total. The fourth-order valence-corrected chi connectivity index (χ4v) is 3.53. The minimum Gasteiger partial charge on any atom is -0.355 e. The average Bonchev–Trinajstić information content (AvgIpc) is 3.15. The fraction of sp³-hybridized carbons (Fsp3) is 0.400. The van der Waals surface area contributed by atoms with Gasteiger partial charge in [-0.15, -0.1) is 11.3 Å². The summed E-state index contributed by atoms with van der Waals surface area (Å²) in [7, 11) is 0. The van der Waals surface area contributed by atoms with Crippen molar-refractivity contribution < 1.29 is 9.59 Å². The lowest BCUT2D eigenvalue weighted by atomic mass is 10.0. The van der Waals surface area contributed by atoms with Crippen LogP contribution in [-0.4, -0.2) is 42.9 Å². The van der Waals surface area contributed by atoms with E-state index in [-0.39, 0.29) is 30.9 Å². The Bertz CT molecular complexity index is 698. The Kier molecular flexibility index (Phi) is 7.81. The Morgan fingerprint density at radius 3 is 2.46 bits per heavy atom. The molecule has 0 bridgehead atoms. The minimum atomic E-state index is -0.129. The largest absolute Gasteiger partial charge is 0.355 e. The van der Waals surface area contributed by atoms with Gasteiger partial charge in [0.05, 0.1) is 19.1 Å². The monoisotopic (exact) mass is 373 g/mol. The van der Waals surface area contributed by atoms with E-state index < -0.39 is 0 Å². The van der Waals surface area contributed by atoms with Gasteiger partial charge < -0.3 is 10.2 Å². The Morgan fingerprint density at radius 1 is 1.15 bits per heavy atom. The smallest absolute Gasteiger partial charge is 0.239 e. The van der Waals surface area contributed by atoms with Gasteiger partial charge in [-0.1, -0.05) is 35.9 Å². The minimum absolute atomic E-state index is 0.0391. The standard InChI is InChI=1S/C20H27N3O2S/c1-4-21-18(24)14-23(5-2)19(25)13-22-20(17-7-6-12-26-17)16-10-8-15(3)9-11-16/h6-12,20,22H,4-5,13-14H2,1-3H3,(H,21,24)/t20-/m1/s1. The van der Waals surface area contributed by atoms with Crippen LogP contribution in [0.5, 0.6) is 0 Å². The lowest BCUT2D eigenvalue weighted by Gasteiger charge is -2.23. The molecular weight excluding hydrogens is 346 g/mol. The number of carbonyl (C=O) groups excluding carboxylic acids is 2. The molecule has 0 saturated carbocycles. The second-order valence-electron chi connectivity index (χ2n) is 6.10. The van der Waals surface area contributed by atoms with Gasteiger partial charge in [-0.3, -0.25) is 14.9 Å². The molecule has 2 amide bonds. The highest BCUT2D eigenvalue weighted by Crippen LogP contribution is 2.26. The molecule has 0 saturated heterocycles. The number of nitrogens with zero attached hydrogens (tertiary/aromatic N) is 1. The normalized spacial score (nSPS) is 11.8. The fourth-order valence-electron chi connectivity index (χ4n) is 2.70. The van der Waals surface area contributed by atoms with Crippen molar-refractivity contribution in [2.75, 3.05) is 26.2 Å². The molecule has 1 aromatic carbocycles. The SMILES string of the molecule is CCNC(=O)CN(CC)C(=O)CN[C@H](c1ccc(C)cc1)c1cccs1. The van der Waals surface area contributed by atoms with Crippen molar-refractivity contribution in [3.8, 4) is 0 Å². The lowest BCUT2D eigenvalue weighted by molar-refractivity contribution is -0.135. The predicted octanol–water partition coefficient (Wildman–Crippen LogP) is 2.72. The predicted molar refractivity (Wildman–Crippen MR) is 106 cm³/mol. The molecule has 0 aliphatic carbocycles. The van der Waals surface area contributed by atoms with Gasteiger partial charge >= 0.3 is 0 Å². The number of nitrogens with one attached hydrogen (secondary N) is 2. The number of amides is 2. The van der Waals surface area contributed by atoms with Crippen LogP contribution in [-0.2, 0) is 9.59 Å². The van der Waals surface area contributed by atoms with Crippen LogP contribution in [0.3, 0.4) is 0 Å². The van der Waals surface area contributed by atoms with Gasteiger partial charge in [0, 0.05) is 18.0 Å². The molecule has 0 fully saturated rings. The molecule has 0 aliphatic rings. The first kappa shape index (κ1) is 20.1. The Morgan fingerprint density at radius 2 is 1.88 bits per heavy atom. The number of benzene rings is 1. The maximum Gasteiger partial charge on any atom is 0.239 e. The van der Waals surface area contributed by atoms with Crippen LogP contribution in [0.15, 0.2) is 41.8 Å². The Hall–Kier alpha value is -2.18. The van der Waals surface area contributed by atoms with Crippen LogP contribution in [0.4, 0.5) is 0 Å². The van der Waals surface area contributed by atoms with Crippen LogP contribution >= 0.6 is 11.3 Å². The van der Waals surface area contributed by atoms with Crippen molar-refractivity contribution in [3.63, 3.8) is 0 Å². The highest BCUT2D eigenvalue weighted by Gasteiger charge is 2.19. The first-order valence-corrected chi connectivity index (χ1v) is 9.80. The molecule has 1 heterocycles. The Labute approximate surface area is 159 Å². The molecule has 0 aliphatic heterocycles. The van der Waals surface area contributed by atoms with E-state index in [9.17, 15) is 9.59 Å². The van der Waals surface area contributed by atoms with Gasteiger partial charge in [0.1, 0.15) is 0 Å². The molecule has 2 aromatic rings. The molecule has 2 rings (SSSR count). The van der Waals surface area contributed by atoms with Gasteiger partial charge in [0.2, 0.25) is 11.8 Å². The number of hydrogen-bond donors (Lipinski definition) is 2. The van der Waals surface area contributed by atoms with Gasteiger partial charge in [-0.05, 0) is 37.8 Å². The van der Waals surface area contributed by atoms with Crippen molar-refractivity contribution in [1.29, 1.82) is 0 Å². The number of rotatable bonds is 9. The number of hydrogen-bond acceptors (Lipinski definition) is 4. The van der Waals surface area contributed by atoms with Crippen molar-refractivity contribution in [3.05, 3.63) is 57.8 Å². The number of aryl methyl sites for hydroxylation is 1. The summed E-state index contributed by atoms with van der Waals surface area (Å²) in [6.07, 6.45) is 0. The summed E-state index contributed by atoms with van der Waals surface area (Å²) in [5, 5.41) is 8.13. The van der Waals surface area contributed by atoms with E-state index in [1.165, 1.54) is 5.56 Å². The highest BCUT2D eigenvalue weighted by atomic mass is 32.1. The van der Waals surface area contributed by atoms with Gasteiger partial charge in [0.15, 0.2) is 0 Å². The summed E-state index contributed by atoms with van der Waals surface area (Å²) in [5.41, 5.74) is 2.33. The van der Waals surface area contributed by atoms with E-state index in [1.54, 1.807) is 16.2 Å². The quantitative estimate of drug-likeness (QED) is 0.710. The lowest BCUT2D eigenvalue weighted by Crippen LogP contribution is -2.44. The first-order chi connectivity index (χ1) is 12.5. The van der Waals surface area contributed by atoms with Crippen molar-refractivity contribution in [1.82, 2.24) is 15.5 Å². The number of thiophene rings is 1. The molecule has 0 unspecified atom stereocenters. The van der Waals surface area contributed by atoms with Gasteiger partial charge in [0.25, 0.3) is 0 Å². The molecular formula is C20H27N3O2S. The van der Waals surface area contributed by atoms with Crippen molar-refractivity contribution in [2.24, 2.45) is 0 Å². The van der Waals surface area contributed by atoms with E-state index in [2.05, 4.69) is 47.9 Å². The molecule has 2 N–H and O–H groups in total. The van der Waals surface area contributed by atoms with E-state index in [4.69, 9.17) is 0 Å². The van der Waals surface area contributed by atoms with Crippen LogP contribution in [0.25, 0.3) is 0 Å². The summed E-state index contributed by atoms with van der Waals surface area (Å²) in [6.45, 7) is 7.16. The number of likely N-dealkylation sites (N-methyl/N-ethyl adjacent to an activating group) is 2. The van der Waals surface area contributed by atoms with E-state index in [0.717, 1.165) is 10.4 Å². The van der Waals surface area contributed by atoms with E-state index >= 15 is 0 Å². The van der Waals surface area contributed by atoms with E-state index in [0.29, 0.717) is 13.1 Å². The van der Waals surface area contributed by atoms with Crippen LogP contribution < -0.4 is 10.6 Å². The summed E-state index contributed by atoms with van der Waals surface area (Å²) >= 11 is 1.66. The average molecular weight is 374 g/mol. The Balaban J connectivity index is 2.05. The number of carbonyl (C=O) groups is 2. The highest BCUT2D eigenvalue weighted by molar-refractivity contribution is 7.10. The zero-order valence-corrected chi connectivity index (χ0v) is 16.4. The molecule has 1 aromatic heterocycles. The summed E-state index contributed by atoms with van der Waals surface area (Å²) < 4.78 is 0. The maximum atomic E-state index is 12.6. The maximum absolute atomic E-state index is 12.6. The topological polar surface area (TPSA) is 61.4 Å². The zero-order valence-electron chi connectivity index (χ0n) is 15.6. The second-order valence-corrected chi connectivity index (χ2v) is 7.08. The third-order valence-electron chi connectivity index (χ3n) is 4.14. The third-order valence-corrected chi connectivity index (χ3v) is 5.08. The molecule has 0 spiro atoms. The second kappa shape index (κ2) is 10.1. The summed E-state index contributed by atoms with van der Waals surface area (Å²) in [5.74, 6) is -0.205. The third kappa shape index (κ3) is 5.68. The summed E-state index contributed by atoms with van der Waals surface area (Å²) in [4.78, 5) is 27.1. The van der Waals surface area contributed by atoms with E-state index in [1.807, 2.05) is 25.3 Å². The molecule has 6 heteroatoms. The summed E-state index contributed by atoms with van der Waals surface area (Å²) in [6, 6.07) is 12.4. The van der Waals surface area contributed by atoms with Crippen LogP contribution in [0, 0.1) is 6.92 Å². The molecule has 1 atom stereocenters. The van der Waals surface area contributed by atoms with Crippen LogP contribution in [0.1, 0.15) is 35.9 Å². The molecule has 140 valence electrons. The molecule has 26 heavy (non-hydrogen) atoms. The molecule has 0 radical (unpaired) electrons. The first-order valence-electron chi connectivity index (χ1n) is 8.93. The zero-order chi connectivity index (χ0) is 18.9. The van der Waals surface area contributed by atoms with Crippen molar-refractivity contribution >= 4 is 23.2 Å².